The molecule has 0 amide bonds. The van der Waals surface area contributed by atoms with Crippen molar-refractivity contribution in [3.63, 3.8) is 0 Å². The van der Waals surface area contributed by atoms with Crippen molar-refractivity contribution in [3.8, 4) is 5.75 Å². The van der Waals surface area contributed by atoms with Crippen LogP contribution in [0.5, 0.6) is 5.75 Å². The highest BCUT2D eigenvalue weighted by Crippen LogP contribution is 2.27. The quantitative estimate of drug-likeness (QED) is 0.700. The average Bonchev–Trinajstić information content (AvgIpc) is 2.80. The Bertz CT molecular complexity index is 583. The van der Waals surface area contributed by atoms with E-state index in [1.807, 2.05) is 0 Å². The highest BCUT2D eigenvalue weighted by molar-refractivity contribution is 7.89. The van der Waals surface area contributed by atoms with Gasteiger partial charge in [-0.2, -0.15) is 0 Å². The number of hydrogen-bond donors (Lipinski definition) is 3. The van der Waals surface area contributed by atoms with Crippen LogP contribution in [-0.4, -0.2) is 34.6 Å². The maximum atomic E-state index is 11.3. The summed E-state index contributed by atoms with van der Waals surface area (Å²) in [6, 6.07) is 4.34. The summed E-state index contributed by atoms with van der Waals surface area (Å²) >= 11 is 0. The summed E-state index contributed by atoms with van der Waals surface area (Å²) in [5.74, 6) is 1.10. The Morgan fingerprint density at radius 2 is 2.28 bits per heavy atom. The van der Waals surface area contributed by atoms with Crippen LogP contribution in [0, 0.1) is 0 Å². The zero-order valence-electron chi connectivity index (χ0n) is 9.80. The predicted octanol–water partition coefficient (Wildman–Crippen LogP) is -0.286. The minimum Gasteiger partial charge on any atom is -0.495 e. The summed E-state index contributed by atoms with van der Waals surface area (Å²) < 4.78 is 27.7. The van der Waals surface area contributed by atoms with Gasteiger partial charge in [0, 0.05) is 6.54 Å². The number of nitrogens with zero attached hydrogens (tertiary/aromatic N) is 1. The van der Waals surface area contributed by atoms with E-state index in [1.165, 1.54) is 25.3 Å². The van der Waals surface area contributed by atoms with Gasteiger partial charge >= 0.3 is 0 Å². The molecule has 4 N–H and O–H groups in total. The standard InChI is InChI=1S/C10H14N4O3S/c1-17-9-3-2-7(18(11,15)16)6-8(9)14-10-12-4-5-13-10/h2-3,6H,4-5H2,1H3,(H2,11,15,16)(H2,12,13,14). The smallest absolute Gasteiger partial charge is 0.238 e. The molecule has 0 aliphatic carbocycles. The normalized spacial score (nSPS) is 14.9. The van der Waals surface area contributed by atoms with Gasteiger partial charge in [0.1, 0.15) is 5.75 Å². The van der Waals surface area contributed by atoms with Crippen molar-refractivity contribution in [2.24, 2.45) is 10.1 Å². The predicted molar refractivity (Wildman–Crippen MR) is 68.3 cm³/mol. The molecule has 1 aliphatic heterocycles. The third kappa shape index (κ3) is 2.71. The van der Waals surface area contributed by atoms with E-state index in [2.05, 4.69) is 15.6 Å². The van der Waals surface area contributed by atoms with Gasteiger partial charge in [-0.05, 0) is 18.2 Å². The molecule has 18 heavy (non-hydrogen) atoms. The van der Waals surface area contributed by atoms with Crippen LogP contribution < -0.4 is 20.5 Å². The second-order valence-corrected chi connectivity index (χ2v) is 5.25. The Morgan fingerprint density at radius 1 is 1.50 bits per heavy atom. The van der Waals surface area contributed by atoms with Gasteiger partial charge in [-0.25, -0.2) is 13.6 Å². The highest BCUT2D eigenvalue weighted by atomic mass is 32.2. The van der Waals surface area contributed by atoms with Crippen molar-refractivity contribution in [2.75, 3.05) is 25.5 Å². The van der Waals surface area contributed by atoms with Gasteiger partial charge in [0.25, 0.3) is 0 Å². The van der Waals surface area contributed by atoms with Gasteiger partial charge in [0.05, 0.1) is 24.2 Å². The maximum Gasteiger partial charge on any atom is 0.238 e. The average molecular weight is 270 g/mol. The van der Waals surface area contributed by atoms with Crippen molar-refractivity contribution in [1.29, 1.82) is 0 Å². The van der Waals surface area contributed by atoms with E-state index in [1.54, 1.807) is 0 Å². The molecule has 1 aromatic rings. The molecule has 0 saturated carbocycles. The number of aliphatic imine (C=N–C) groups is 1. The van der Waals surface area contributed by atoms with E-state index >= 15 is 0 Å². The van der Waals surface area contributed by atoms with Crippen LogP contribution in [0.15, 0.2) is 28.1 Å². The van der Waals surface area contributed by atoms with Gasteiger partial charge in [-0.3, -0.25) is 4.99 Å². The SMILES string of the molecule is COc1ccc(S(N)(=O)=O)cc1NC1=NCCN1. The summed E-state index contributed by atoms with van der Waals surface area (Å²) in [6.45, 7) is 1.43. The van der Waals surface area contributed by atoms with E-state index in [0.29, 0.717) is 23.9 Å². The molecular weight excluding hydrogens is 256 g/mol. The molecule has 0 radical (unpaired) electrons. The van der Waals surface area contributed by atoms with Crippen molar-refractivity contribution < 1.29 is 13.2 Å². The second kappa shape index (κ2) is 4.83. The lowest BCUT2D eigenvalue weighted by atomic mass is 10.3. The topological polar surface area (TPSA) is 106 Å². The lowest BCUT2D eigenvalue weighted by Gasteiger charge is -2.12. The number of nitrogens with two attached hydrogens (primary N) is 1. The molecule has 0 bridgehead atoms. The monoisotopic (exact) mass is 270 g/mol. The van der Waals surface area contributed by atoms with E-state index in [-0.39, 0.29) is 4.90 Å². The Kier molecular flexibility index (Phi) is 3.39. The summed E-state index contributed by atoms with van der Waals surface area (Å²) in [6.07, 6.45) is 0. The number of primary sulfonamides is 1. The number of hydrogen-bond acceptors (Lipinski definition) is 6. The molecule has 8 heteroatoms. The summed E-state index contributed by atoms with van der Waals surface area (Å²) in [4.78, 5) is 4.17. The minimum atomic E-state index is -3.74. The Morgan fingerprint density at radius 3 is 2.83 bits per heavy atom. The third-order valence-corrected chi connectivity index (χ3v) is 3.34. The van der Waals surface area contributed by atoms with E-state index in [0.717, 1.165) is 6.54 Å². The fourth-order valence-electron chi connectivity index (χ4n) is 1.57. The van der Waals surface area contributed by atoms with Crippen molar-refractivity contribution in [3.05, 3.63) is 18.2 Å². The van der Waals surface area contributed by atoms with Crippen LogP contribution in [0.4, 0.5) is 5.69 Å². The van der Waals surface area contributed by atoms with Crippen molar-refractivity contribution >= 4 is 21.7 Å². The number of nitrogens with one attached hydrogen (secondary N) is 2. The van der Waals surface area contributed by atoms with Crippen LogP contribution in [0.25, 0.3) is 0 Å². The maximum absolute atomic E-state index is 11.3. The first kappa shape index (κ1) is 12.7. The number of methoxy groups -OCH3 is 1. The van der Waals surface area contributed by atoms with Gasteiger partial charge in [0.15, 0.2) is 5.96 Å². The fourth-order valence-corrected chi connectivity index (χ4v) is 2.11. The number of rotatable bonds is 3. The first-order valence-electron chi connectivity index (χ1n) is 5.27. The number of guanidine groups is 1. The zero-order chi connectivity index (χ0) is 13.2. The summed E-state index contributed by atoms with van der Waals surface area (Å²) in [5, 5.41) is 11.1. The van der Waals surface area contributed by atoms with E-state index in [9.17, 15) is 8.42 Å². The van der Waals surface area contributed by atoms with Gasteiger partial charge < -0.3 is 15.4 Å². The first-order chi connectivity index (χ1) is 8.50. The molecule has 98 valence electrons. The number of sulfonamides is 1. The molecule has 2 rings (SSSR count). The Balaban J connectivity index is 2.36. The van der Waals surface area contributed by atoms with Crippen LogP contribution in [0.3, 0.4) is 0 Å². The highest BCUT2D eigenvalue weighted by Gasteiger charge is 2.14. The fraction of sp³-hybridized carbons (Fsp3) is 0.300. The Labute approximate surface area is 105 Å². The second-order valence-electron chi connectivity index (χ2n) is 3.69. The molecule has 7 nitrogen and oxygen atoms in total. The molecule has 1 aromatic carbocycles. The Hall–Kier alpha value is -1.80. The lowest BCUT2D eigenvalue weighted by Crippen LogP contribution is -2.26. The molecule has 0 spiro atoms. The molecular formula is C10H14N4O3S. The van der Waals surface area contributed by atoms with Gasteiger partial charge in [0.2, 0.25) is 10.0 Å². The largest absolute Gasteiger partial charge is 0.495 e. The third-order valence-electron chi connectivity index (χ3n) is 2.43. The number of ether oxygens (including phenoxy) is 1. The summed E-state index contributed by atoms with van der Waals surface area (Å²) in [7, 11) is -2.24. The van der Waals surface area contributed by atoms with Gasteiger partial charge in [-0.1, -0.05) is 0 Å². The molecule has 1 heterocycles. The van der Waals surface area contributed by atoms with E-state index < -0.39 is 10.0 Å². The van der Waals surface area contributed by atoms with Crippen LogP contribution >= 0.6 is 0 Å². The van der Waals surface area contributed by atoms with E-state index in [4.69, 9.17) is 9.88 Å². The number of anilines is 1. The number of benzene rings is 1. The molecule has 0 fully saturated rings. The summed E-state index contributed by atoms with van der Waals surface area (Å²) in [5.41, 5.74) is 0.497. The first-order valence-corrected chi connectivity index (χ1v) is 6.81. The molecule has 0 unspecified atom stereocenters. The zero-order valence-corrected chi connectivity index (χ0v) is 10.6. The van der Waals surface area contributed by atoms with Crippen LogP contribution in [0.1, 0.15) is 0 Å². The van der Waals surface area contributed by atoms with Gasteiger partial charge in [-0.15, -0.1) is 0 Å². The van der Waals surface area contributed by atoms with Crippen molar-refractivity contribution in [2.45, 2.75) is 4.90 Å². The molecule has 1 aliphatic rings. The molecule has 0 atom stereocenters. The lowest BCUT2D eigenvalue weighted by molar-refractivity contribution is 0.416. The van der Waals surface area contributed by atoms with Crippen LogP contribution in [0.2, 0.25) is 0 Å². The minimum absolute atomic E-state index is 0.0180. The van der Waals surface area contributed by atoms with Crippen molar-refractivity contribution in [1.82, 2.24) is 5.32 Å². The van der Waals surface area contributed by atoms with Crippen LogP contribution in [-0.2, 0) is 10.0 Å². The molecule has 0 saturated heterocycles. The molecule has 0 aromatic heterocycles.